The average molecular weight is 287 g/mol. The SMILES string of the molecule is Cc1ccc(S)cc1C(=O)NCCOc1ccccc1. The fraction of sp³-hybridized carbons (Fsp3) is 0.188. The predicted molar refractivity (Wildman–Crippen MR) is 82.7 cm³/mol. The first kappa shape index (κ1) is 14.5. The van der Waals surface area contributed by atoms with Gasteiger partial charge in [0.15, 0.2) is 0 Å². The van der Waals surface area contributed by atoms with Crippen LogP contribution in [-0.4, -0.2) is 19.1 Å². The summed E-state index contributed by atoms with van der Waals surface area (Å²) in [5, 5.41) is 2.84. The predicted octanol–water partition coefficient (Wildman–Crippen LogP) is 3.09. The van der Waals surface area contributed by atoms with E-state index < -0.39 is 0 Å². The van der Waals surface area contributed by atoms with Crippen LogP contribution in [0.1, 0.15) is 15.9 Å². The molecule has 0 aromatic heterocycles. The lowest BCUT2D eigenvalue weighted by molar-refractivity contribution is 0.0946. The normalized spacial score (nSPS) is 10.1. The molecule has 1 amide bonds. The lowest BCUT2D eigenvalue weighted by atomic mass is 10.1. The van der Waals surface area contributed by atoms with Crippen LogP contribution in [0.25, 0.3) is 0 Å². The highest BCUT2D eigenvalue weighted by atomic mass is 32.1. The minimum Gasteiger partial charge on any atom is -0.492 e. The van der Waals surface area contributed by atoms with Crippen LogP contribution < -0.4 is 10.1 Å². The van der Waals surface area contributed by atoms with E-state index in [0.717, 1.165) is 16.2 Å². The molecule has 0 atom stereocenters. The van der Waals surface area contributed by atoms with Crippen molar-refractivity contribution < 1.29 is 9.53 Å². The highest BCUT2D eigenvalue weighted by molar-refractivity contribution is 7.80. The molecule has 20 heavy (non-hydrogen) atoms. The molecule has 104 valence electrons. The third-order valence-corrected chi connectivity index (χ3v) is 3.14. The summed E-state index contributed by atoms with van der Waals surface area (Å²) in [4.78, 5) is 12.8. The number of carbonyl (C=O) groups excluding carboxylic acids is 1. The monoisotopic (exact) mass is 287 g/mol. The number of para-hydroxylation sites is 1. The maximum atomic E-state index is 12.0. The molecule has 0 radical (unpaired) electrons. The van der Waals surface area contributed by atoms with E-state index in [1.807, 2.05) is 49.4 Å². The molecule has 1 N–H and O–H groups in total. The highest BCUT2D eigenvalue weighted by Gasteiger charge is 2.08. The van der Waals surface area contributed by atoms with Crippen LogP contribution >= 0.6 is 12.6 Å². The van der Waals surface area contributed by atoms with Gasteiger partial charge in [0.05, 0.1) is 6.54 Å². The standard InChI is InChI=1S/C16H17NO2S/c1-12-7-8-14(20)11-15(12)16(18)17-9-10-19-13-5-3-2-4-6-13/h2-8,11,20H,9-10H2,1H3,(H,17,18). The van der Waals surface area contributed by atoms with Crippen LogP contribution in [0, 0.1) is 6.92 Å². The molecule has 2 aromatic rings. The van der Waals surface area contributed by atoms with Gasteiger partial charge >= 0.3 is 0 Å². The Kier molecular flexibility index (Phi) is 5.07. The van der Waals surface area contributed by atoms with Crippen molar-refractivity contribution in [2.45, 2.75) is 11.8 Å². The summed E-state index contributed by atoms with van der Waals surface area (Å²) in [5.74, 6) is 0.699. The molecular formula is C16H17NO2S. The van der Waals surface area contributed by atoms with Gasteiger partial charge < -0.3 is 10.1 Å². The highest BCUT2D eigenvalue weighted by Crippen LogP contribution is 2.13. The lowest BCUT2D eigenvalue weighted by Crippen LogP contribution is -2.28. The first-order valence-electron chi connectivity index (χ1n) is 6.42. The second-order valence-corrected chi connectivity index (χ2v) is 4.93. The number of carbonyl (C=O) groups is 1. The Bertz CT molecular complexity index is 584. The second-order valence-electron chi connectivity index (χ2n) is 4.42. The first-order valence-corrected chi connectivity index (χ1v) is 6.87. The van der Waals surface area contributed by atoms with Gasteiger partial charge in [-0.3, -0.25) is 4.79 Å². The zero-order chi connectivity index (χ0) is 14.4. The third-order valence-electron chi connectivity index (χ3n) is 2.87. The molecule has 0 saturated carbocycles. The molecule has 0 fully saturated rings. The van der Waals surface area contributed by atoms with E-state index in [2.05, 4.69) is 17.9 Å². The summed E-state index contributed by atoms with van der Waals surface area (Å²) in [6.07, 6.45) is 0. The molecule has 0 saturated heterocycles. The Morgan fingerprint density at radius 3 is 2.70 bits per heavy atom. The molecule has 0 spiro atoms. The summed E-state index contributed by atoms with van der Waals surface area (Å²) in [6.45, 7) is 2.81. The van der Waals surface area contributed by atoms with E-state index >= 15 is 0 Å². The van der Waals surface area contributed by atoms with Crippen molar-refractivity contribution in [1.82, 2.24) is 5.32 Å². The number of thiol groups is 1. The van der Waals surface area contributed by atoms with Gasteiger partial charge in [0.2, 0.25) is 0 Å². The van der Waals surface area contributed by atoms with Gasteiger partial charge in [-0.2, -0.15) is 0 Å². The minimum absolute atomic E-state index is 0.102. The van der Waals surface area contributed by atoms with Crippen LogP contribution in [0.3, 0.4) is 0 Å². The zero-order valence-corrected chi connectivity index (χ0v) is 12.2. The van der Waals surface area contributed by atoms with Crippen molar-refractivity contribution in [3.05, 3.63) is 59.7 Å². The summed E-state index contributed by atoms with van der Waals surface area (Å²) >= 11 is 4.25. The van der Waals surface area contributed by atoms with Gasteiger partial charge in [-0.15, -0.1) is 12.6 Å². The molecule has 0 aliphatic rings. The Hall–Kier alpha value is -1.94. The number of hydrogen-bond donors (Lipinski definition) is 2. The van der Waals surface area contributed by atoms with E-state index in [0.29, 0.717) is 18.7 Å². The molecule has 2 rings (SSSR count). The maximum Gasteiger partial charge on any atom is 0.251 e. The zero-order valence-electron chi connectivity index (χ0n) is 11.3. The molecule has 0 bridgehead atoms. The number of hydrogen-bond acceptors (Lipinski definition) is 3. The Morgan fingerprint density at radius 2 is 1.95 bits per heavy atom. The maximum absolute atomic E-state index is 12.0. The van der Waals surface area contributed by atoms with Gasteiger partial charge in [0, 0.05) is 10.5 Å². The van der Waals surface area contributed by atoms with E-state index in [1.165, 1.54) is 0 Å². The number of benzene rings is 2. The quantitative estimate of drug-likeness (QED) is 0.655. The lowest BCUT2D eigenvalue weighted by Gasteiger charge is -2.09. The smallest absolute Gasteiger partial charge is 0.251 e. The number of amides is 1. The third kappa shape index (κ3) is 4.03. The summed E-state index contributed by atoms with van der Waals surface area (Å²) in [6, 6.07) is 15.1. The van der Waals surface area contributed by atoms with E-state index in [1.54, 1.807) is 6.07 Å². The van der Waals surface area contributed by atoms with Crippen molar-refractivity contribution in [1.29, 1.82) is 0 Å². The van der Waals surface area contributed by atoms with E-state index in [9.17, 15) is 4.79 Å². The minimum atomic E-state index is -0.102. The Labute approximate surface area is 124 Å². The Balaban J connectivity index is 1.82. The fourth-order valence-corrected chi connectivity index (χ4v) is 2.00. The summed E-state index contributed by atoms with van der Waals surface area (Å²) in [5.41, 5.74) is 1.58. The van der Waals surface area contributed by atoms with Crippen molar-refractivity contribution in [3.63, 3.8) is 0 Å². The average Bonchev–Trinajstić information content (AvgIpc) is 2.47. The molecule has 4 heteroatoms. The summed E-state index contributed by atoms with van der Waals surface area (Å²) < 4.78 is 5.52. The van der Waals surface area contributed by atoms with Crippen molar-refractivity contribution in [3.8, 4) is 5.75 Å². The summed E-state index contributed by atoms with van der Waals surface area (Å²) in [7, 11) is 0. The van der Waals surface area contributed by atoms with E-state index in [-0.39, 0.29) is 5.91 Å². The molecule has 0 aliphatic carbocycles. The van der Waals surface area contributed by atoms with E-state index in [4.69, 9.17) is 4.74 Å². The molecule has 3 nitrogen and oxygen atoms in total. The van der Waals surface area contributed by atoms with Crippen LogP contribution in [0.15, 0.2) is 53.4 Å². The van der Waals surface area contributed by atoms with Crippen molar-refractivity contribution in [2.75, 3.05) is 13.2 Å². The number of nitrogens with one attached hydrogen (secondary N) is 1. The largest absolute Gasteiger partial charge is 0.492 e. The van der Waals surface area contributed by atoms with Crippen LogP contribution in [0.5, 0.6) is 5.75 Å². The van der Waals surface area contributed by atoms with Gasteiger partial charge in [-0.1, -0.05) is 24.3 Å². The topological polar surface area (TPSA) is 38.3 Å². The van der Waals surface area contributed by atoms with Crippen LogP contribution in [-0.2, 0) is 0 Å². The van der Waals surface area contributed by atoms with Gasteiger partial charge in [-0.25, -0.2) is 0 Å². The second kappa shape index (κ2) is 7.01. The Morgan fingerprint density at radius 1 is 1.20 bits per heavy atom. The van der Waals surface area contributed by atoms with Crippen LogP contribution in [0.2, 0.25) is 0 Å². The number of ether oxygens (including phenoxy) is 1. The van der Waals surface area contributed by atoms with Crippen LogP contribution in [0.4, 0.5) is 0 Å². The molecule has 0 unspecified atom stereocenters. The molecular weight excluding hydrogens is 270 g/mol. The number of aryl methyl sites for hydroxylation is 1. The van der Waals surface area contributed by atoms with Gasteiger partial charge in [0.1, 0.15) is 12.4 Å². The fourth-order valence-electron chi connectivity index (χ4n) is 1.80. The van der Waals surface area contributed by atoms with Crippen molar-refractivity contribution >= 4 is 18.5 Å². The molecule has 2 aromatic carbocycles. The number of rotatable bonds is 5. The van der Waals surface area contributed by atoms with Crippen molar-refractivity contribution in [2.24, 2.45) is 0 Å². The first-order chi connectivity index (χ1) is 9.66. The van der Waals surface area contributed by atoms with Gasteiger partial charge in [-0.05, 0) is 36.8 Å². The molecule has 0 heterocycles. The van der Waals surface area contributed by atoms with Gasteiger partial charge in [0.25, 0.3) is 5.91 Å². The molecule has 0 aliphatic heterocycles.